The van der Waals surface area contributed by atoms with E-state index in [2.05, 4.69) is 33.0 Å². The van der Waals surface area contributed by atoms with Gasteiger partial charge in [0.05, 0.1) is 6.10 Å². The molecule has 0 bridgehead atoms. The summed E-state index contributed by atoms with van der Waals surface area (Å²) in [5, 5.41) is 4.07. The molecule has 2 nitrogen and oxygen atoms in total. The highest BCUT2D eigenvalue weighted by atomic mass is 16.5. The largest absolute Gasteiger partial charge is 0.377 e. The molecular formula is C17H31NO. The van der Waals surface area contributed by atoms with Gasteiger partial charge in [0, 0.05) is 30.0 Å². The van der Waals surface area contributed by atoms with E-state index in [-0.39, 0.29) is 0 Å². The molecule has 2 heteroatoms. The van der Waals surface area contributed by atoms with E-state index in [1.165, 1.54) is 32.1 Å². The summed E-state index contributed by atoms with van der Waals surface area (Å²) in [5.41, 5.74) is 0.333. The molecule has 2 aliphatic carbocycles. The Balaban J connectivity index is 1.67. The van der Waals surface area contributed by atoms with E-state index < -0.39 is 0 Å². The molecule has 1 aliphatic heterocycles. The molecule has 0 aromatic carbocycles. The number of nitrogens with one attached hydrogen (secondary N) is 1. The summed E-state index contributed by atoms with van der Waals surface area (Å²) >= 11 is 0. The Morgan fingerprint density at radius 1 is 1.11 bits per heavy atom. The summed E-state index contributed by atoms with van der Waals surface area (Å²) in [6.45, 7) is 10.6. The maximum atomic E-state index is 5.92. The summed E-state index contributed by atoms with van der Waals surface area (Å²) in [4.78, 5) is 0. The van der Waals surface area contributed by atoms with Crippen molar-refractivity contribution in [3.63, 3.8) is 0 Å². The minimum Gasteiger partial charge on any atom is -0.377 e. The van der Waals surface area contributed by atoms with Crippen molar-refractivity contribution >= 4 is 0 Å². The molecule has 0 radical (unpaired) electrons. The third-order valence-electron chi connectivity index (χ3n) is 6.17. The van der Waals surface area contributed by atoms with E-state index in [0.29, 0.717) is 17.6 Å². The molecule has 2 saturated carbocycles. The smallest absolute Gasteiger partial charge is 0.0685 e. The standard InChI is InChI=1S/C17H31NO/c1-11(2)12-7-5-6-8-14(12)18-15-13-9-10-19-16(13)17(15,3)4/h11-16,18H,5-10H2,1-4H3. The lowest BCUT2D eigenvalue weighted by Gasteiger charge is -2.57. The van der Waals surface area contributed by atoms with Crippen LogP contribution in [-0.2, 0) is 4.74 Å². The molecule has 5 atom stereocenters. The molecule has 0 aromatic heterocycles. The van der Waals surface area contributed by atoms with Crippen LogP contribution < -0.4 is 5.32 Å². The van der Waals surface area contributed by atoms with Crippen LogP contribution in [0.3, 0.4) is 0 Å². The van der Waals surface area contributed by atoms with E-state index in [0.717, 1.165) is 30.4 Å². The molecule has 0 aromatic rings. The van der Waals surface area contributed by atoms with Crippen LogP contribution in [0, 0.1) is 23.2 Å². The molecule has 3 aliphatic rings. The van der Waals surface area contributed by atoms with Crippen molar-refractivity contribution in [3.05, 3.63) is 0 Å². The van der Waals surface area contributed by atoms with Gasteiger partial charge < -0.3 is 10.1 Å². The topological polar surface area (TPSA) is 21.3 Å². The zero-order chi connectivity index (χ0) is 13.6. The molecule has 19 heavy (non-hydrogen) atoms. The number of ether oxygens (including phenoxy) is 1. The van der Waals surface area contributed by atoms with Gasteiger partial charge in [-0.05, 0) is 31.1 Å². The van der Waals surface area contributed by atoms with Crippen molar-refractivity contribution in [1.29, 1.82) is 0 Å². The fourth-order valence-corrected chi connectivity index (χ4v) is 5.06. The number of hydrogen-bond acceptors (Lipinski definition) is 2. The summed E-state index contributed by atoms with van der Waals surface area (Å²) in [6, 6.07) is 1.43. The molecule has 1 saturated heterocycles. The second-order valence-electron chi connectivity index (χ2n) is 8.01. The normalized spacial score (nSPS) is 45.0. The predicted molar refractivity (Wildman–Crippen MR) is 79.1 cm³/mol. The van der Waals surface area contributed by atoms with Crippen LogP contribution in [0.25, 0.3) is 0 Å². The summed E-state index contributed by atoms with van der Waals surface area (Å²) in [7, 11) is 0. The number of rotatable bonds is 3. The molecule has 1 N–H and O–H groups in total. The van der Waals surface area contributed by atoms with E-state index in [4.69, 9.17) is 4.74 Å². The molecule has 5 unspecified atom stereocenters. The monoisotopic (exact) mass is 265 g/mol. The van der Waals surface area contributed by atoms with E-state index in [1.54, 1.807) is 0 Å². The minimum absolute atomic E-state index is 0.333. The maximum Gasteiger partial charge on any atom is 0.0685 e. The fourth-order valence-electron chi connectivity index (χ4n) is 5.06. The first-order valence-electron chi connectivity index (χ1n) is 8.39. The van der Waals surface area contributed by atoms with Crippen molar-refractivity contribution in [2.24, 2.45) is 23.2 Å². The third-order valence-corrected chi connectivity index (χ3v) is 6.17. The lowest BCUT2D eigenvalue weighted by Crippen LogP contribution is -2.68. The van der Waals surface area contributed by atoms with E-state index >= 15 is 0 Å². The average Bonchev–Trinajstić information content (AvgIpc) is 2.83. The van der Waals surface area contributed by atoms with Crippen molar-refractivity contribution in [2.75, 3.05) is 6.61 Å². The Hall–Kier alpha value is -0.0800. The van der Waals surface area contributed by atoms with Gasteiger partial charge in [0.1, 0.15) is 0 Å². The Labute approximate surface area is 118 Å². The van der Waals surface area contributed by atoms with Gasteiger partial charge in [-0.25, -0.2) is 0 Å². The van der Waals surface area contributed by atoms with Crippen molar-refractivity contribution in [2.45, 2.75) is 78.0 Å². The summed E-state index contributed by atoms with van der Waals surface area (Å²) in [6.07, 6.45) is 7.44. The van der Waals surface area contributed by atoms with E-state index in [9.17, 15) is 0 Å². The highest BCUT2D eigenvalue weighted by molar-refractivity contribution is 5.12. The first kappa shape index (κ1) is 13.9. The zero-order valence-corrected chi connectivity index (χ0v) is 13.1. The molecule has 3 rings (SSSR count). The molecule has 0 spiro atoms. The highest BCUT2D eigenvalue weighted by Crippen LogP contribution is 2.52. The molecule has 0 amide bonds. The lowest BCUT2D eigenvalue weighted by atomic mass is 9.57. The Bertz CT molecular complexity index is 325. The summed E-state index contributed by atoms with van der Waals surface area (Å²) in [5.74, 6) is 2.48. The number of fused-ring (bicyclic) bond motifs is 1. The van der Waals surface area contributed by atoms with Crippen molar-refractivity contribution in [3.8, 4) is 0 Å². The Morgan fingerprint density at radius 3 is 2.58 bits per heavy atom. The van der Waals surface area contributed by atoms with Gasteiger partial charge >= 0.3 is 0 Å². The number of hydrogen-bond donors (Lipinski definition) is 1. The van der Waals surface area contributed by atoms with Crippen molar-refractivity contribution in [1.82, 2.24) is 5.32 Å². The second kappa shape index (κ2) is 5.04. The van der Waals surface area contributed by atoms with Crippen LogP contribution in [0.2, 0.25) is 0 Å². The van der Waals surface area contributed by atoms with Gasteiger partial charge in [0.15, 0.2) is 0 Å². The Kier molecular flexibility index (Phi) is 3.68. The average molecular weight is 265 g/mol. The highest BCUT2D eigenvalue weighted by Gasteiger charge is 2.59. The molecule has 110 valence electrons. The molecular weight excluding hydrogens is 234 g/mol. The second-order valence-corrected chi connectivity index (χ2v) is 8.01. The van der Waals surface area contributed by atoms with E-state index in [1.807, 2.05) is 0 Å². The van der Waals surface area contributed by atoms with Gasteiger partial charge in [0.2, 0.25) is 0 Å². The van der Waals surface area contributed by atoms with Gasteiger partial charge in [-0.1, -0.05) is 40.5 Å². The minimum atomic E-state index is 0.333. The molecule has 1 heterocycles. The first-order chi connectivity index (χ1) is 9.01. The lowest BCUT2D eigenvalue weighted by molar-refractivity contribution is -0.118. The van der Waals surface area contributed by atoms with Crippen LogP contribution in [0.15, 0.2) is 0 Å². The first-order valence-corrected chi connectivity index (χ1v) is 8.39. The van der Waals surface area contributed by atoms with Crippen LogP contribution in [-0.4, -0.2) is 24.8 Å². The van der Waals surface area contributed by atoms with Gasteiger partial charge in [-0.3, -0.25) is 0 Å². The Morgan fingerprint density at radius 2 is 1.84 bits per heavy atom. The third kappa shape index (κ3) is 2.25. The molecule has 3 fully saturated rings. The fraction of sp³-hybridized carbons (Fsp3) is 1.00. The van der Waals surface area contributed by atoms with Crippen LogP contribution >= 0.6 is 0 Å². The van der Waals surface area contributed by atoms with Gasteiger partial charge in [-0.15, -0.1) is 0 Å². The summed E-state index contributed by atoms with van der Waals surface area (Å²) < 4.78 is 5.92. The quantitative estimate of drug-likeness (QED) is 0.842. The SMILES string of the molecule is CC(C)C1CCCCC1NC1C2CCOC2C1(C)C. The maximum absolute atomic E-state index is 5.92. The van der Waals surface area contributed by atoms with Crippen molar-refractivity contribution < 1.29 is 4.74 Å². The predicted octanol–water partition coefficient (Wildman–Crippen LogP) is 3.60. The van der Waals surface area contributed by atoms with Crippen LogP contribution in [0.1, 0.15) is 59.8 Å². The zero-order valence-electron chi connectivity index (χ0n) is 13.1. The van der Waals surface area contributed by atoms with Gasteiger partial charge in [-0.2, -0.15) is 0 Å². The van der Waals surface area contributed by atoms with Gasteiger partial charge in [0.25, 0.3) is 0 Å². The van der Waals surface area contributed by atoms with Crippen LogP contribution in [0.4, 0.5) is 0 Å². The van der Waals surface area contributed by atoms with Crippen LogP contribution in [0.5, 0.6) is 0 Å².